The number of piperidine rings is 1. The molecular weight excluding hydrogens is 307 g/mol. The summed E-state index contributed by atoms with van der Waals surface area (Å²) in [6.07, 6.45) is 3.74. The SMILES string of the molecule is Cl.O=C(N[C@H]1CCCNC1)c1ccn(-c2ccc(F)cc2)n1. The Hall–Kier alpha value is -1.92. The van der Waals surface area contributed by atoms with Crippen LogP contribution in [0, 0.1) is 5.82 Å². The molecule has 1 aliphatic heterocycles. The Labute approximate surface area is 134 Å². The minimum absolute atomic E-state index is 0. The molecule has 2 aromatic rings. The van der Waals surface area contributed by atoms with E-state index < -0.39 is 0 Å². The summed E-state index contributed by atoms with van der Waals surface area (Å²) in [5, 5.41) is 10.5. The Balaban J connectivity index is 0.00000176. The van der Waals surface area contributed by atoms with Crippen LogP contribution in [0.4, 0.5) is 4.39 Å². The molecule has 22 heavy (non-hydrogen) atoms. The van der Waals surface area contributed by atoms with Crippen LogP contribution < -0.4 is 10.6 Å². The summed E-state index contributed by atoms with van der Waals surface area (Å²) in [6, 6.07) is 7.79. The van der Waals surface area contributed by atoms with Gasteiger partial charge in [-0.1, -0.05) is 0 Å². The highest BCUT2D eigenvalue weighted by molar-refractivity contribution is 5.92. The zero-order valence-electron chi connectivity index (χ0n) is 12.0. The second kappa shape index (κ2) is 7.38. The van der Waals surface area contributed by atoms with Crippen LogP contribution in [0.25, 0.3) is 5.69 Å². The highest BCUT2D eigenvalue weighted by atomic mass is 35.5. The van der Waals surface area contributed by atoms with E-state index in [9.17, 15) is 9.18 Å². The molecule has 2 heterocycles. The van der Waals surface area contributed by atoms with E-state index in [2.05, 4.69) is 15.7 Å². The molecule has 5 nitrogen and oxygen atoms in total. The number of rotatable bonds is 3. The molecule has 1 aromatic heterocycles. The largest absolute Gasteiger partial charge is 0.347 e. The van der Waals surface area contributed by atoms with Gasteiger partial charge in [0.1, 0.15) is 5.82 Å². The van der Waals surface area contributed by atoms with Gasteiger partial charge in [-0.2, -0.15) is 5.10 Å². The van der Waals surface area contributed by atoms with Gasteiger partial charge in [0.05, 0.1) is 5.69 Å². The standard InChI is InChI=1S/C15H17FN4O.ClH/c16-11-3-5-13(6-4-11)20-9-7-14(19-20)15(21)18-12-2-1-8-17-10-12;/h3-7,9,12,17H,1-2,8,10H2,(H,18,21);1H/t12-;/m0./s1. The summed E-state index contributed by atoms with van der Waals surface area (Å²) in [7, 11) is 0. The fourth-order valence-corrected chi connectivity index (χ4v) is 2.42. The Morgan fingerprint density at radius 2 is 2.09 bits per heavy atom. The van der Waals surface area contributed by atoms with Crippen LogP contribution in [-0.2, 0) is 0 Å². The molecule has 0 radical (unpaired) electrons. The predicted molar refractivity (Wildman–Crippen MR) is 84.1 cm³/mol. The lowest BCUT2D eigenvalue weighted by Crippen LogP contribution is -2.45. The number of hydrogen-bond acceptors (Lipinski definition) is 3. The number of halogens is 2. The molecule has 3 rings (SSSR count). The number of nitrogens with zero attached hydrogens (tertiary/aromatic N) is 2. The lowest BCUT2D eigenvalue weighted by molar-refractivity contribution is 0.0925. The summed E-state index contributed by atoms with van der Waals surface area (Å²) in [6.45, 7) is 1.80. The van der Waals surface area contributed by atoms with E-state index in [0.717, 1.165) is 31.6 Å². The summed E-state index contributed by atoms with van der Waals surface area (Å²) >= 11 is 0. The van der Waals surface area contributed by atoms with Gasteiger partial charge < -0.3 is 10.6 Å². The molecule has 2 N–H and O–H groups in total. The maximum Gasteiger partial charge on any atom is 0.272 e. The van der Waals surface area contributed by atoms with Crippen molar-refractivity contribution in [3.05, 3.63) is 48.0 Å². The molecule has 1 aromatic carbocycles. The summed E-state index contributed by atoms with van der Waals surface area (Å²) in [4.78, 5) is 12.1. The molecule has 0 spiro atoms. The van der Waals surface area contributed by atoms with E-state index in [4.69, 9.17) is 0 Å². The van der Waals surface area contributed by atoms with Gasteiger partial charge in [-0.15, -0.1) is 12.4 Å². The zero-order valence-corrected chi connectivity index (χ0v) is 12.8. The zero-order chi connectivity index (χ0) is 14.7. The third-order valence-electron chi connectivity index (χ3n) is 3.54. The van der Waals surface area contributed by atoms with E-state index >= 15 is 0 Å². The summed E-state index contributed by atoms with van der Waals surface area (Å²) in [5.41, 5.74) is 1.08. The topological polar surface area (TPSA) is 59.0 Å². The number of amides is 1. The quantitative estimate of drug-likeness (QED) is 0.907. The fraction of sp³-hybridized carbons (Fsp3) is 0.333. The van der Waals surface area contributed by atoms with Gasteiger partial charge in [-0.05, 0) is 49.7 Å². The molecule has 1 fully saturated rings. The molecule has 0 saturated carbocycles. The van der Waals surface area contributed by atoms with Crippen LogP contribution in [0.15, 0.2) is 36.5 Å². The molecule has 0 bridgehead atoms. The third kappa shape index (κ3) is 3.84. The summed E-state index contributed by atoms with van der Waals surface area (Å²) in [5.74, 6) is -0.474. The van der Waals surface area contributed by atoms with E-state index in [-0.39, 0.29) is 30.2 Å². The minimum atomic E-state index is -0.298. The van der Waals surface area contributed by atoms with Gasteiger partial charge in [0.25, 0.3) is 5.91 Å². The Morgan fingerprint density at radius 3 is 2.77 bits per heavy atom. The van der Waals surface area contributed by atoms with Crippen LogP contribution in [0.1, 0.15) is 23.3 Å². The number of hydrogen-bond donors (Lipinski definition) is 2. The van der Waals surface area contributed by atoms with Crippen LogP contribution in [0.5, 0.6) is 0 Å². The van der Waals surface area contributed by atoms with Crippen molar-refractivity contribution in [3.8, 4) is 5.69 Å². The average Bonchev–Trinajstić information content (AvgIpc) is 2.99. The first-order chi connectivity index (χ1) is 10.2. The second-order valence-corrected chi connectivity index (χ2v) is 5.14. The monoisotopic (exact) mass is 324 g/mol. The van der Waals surface area contributed by atoms with Crippen molar-refractivity contribution in [1.82, 2.24) is 20.4 Å². The van der Waals surface area contributed by atoms with Crippen molar-refractivity contribution in [2.45, 2.75) is 18.9 Å². The maximum absolute atomic E-state index is 12.9. The van der Waals surface area contributed by atoms with Crippen LogP contribution in [0.2, 0.25) is 0 Å². The van der Waals surface area contributed by atoms with Gasteiger partial charge in [-0.25, -0.2) is 9.07 Å². The molecular formula is C15H18ClFN4O. The Bertz CT molecular complexity index is 623. The van der Waals surface area contributed by atoms with E-state index in [1.165, 1.54) is 12.1 Å². The van der Waals surface area contributed by atoms with Gasteiger partial charge in [0, 0.05) is 18.8 Å². The Morgan fingerprint density at radius 1 is 1.32 bits per heavy atom. The highest BCUT2D eigenvalue weighted by Gasteiger charge is 2.17. The van der Waals surface area contributed by atoms with Crippen LogP contribution >= 0.6 is 12.4 Å². The first kappa shape index (κ1) is 16.5. The number of nitrogens with one attached hydrogen (secondary N) is 2. The predicted octanol–water partition coefficient (Wildman–Crippen LogP) is 1.92. The van der Waals surface area contributed by atoms with Crippen molar-refractivity contribution >= 4 is 18.3 Å². The Kier molecular flexibility index (Phi) is 5.51. The number of carbonyl (C=O) groups is 1. The molecule has 1 atom stereocenters. The number of benzene rings is 1. The minimum Gasteiger partial charge on any atom is -0.347 e. The normalized spacial score (nSPS) is 17.6. The van der Waals surface area contributed by atoms with E-state index in [0.29, 0.717) is 5.69 Å². The van der Waals surface area contributed by atoms with Crippen molar-refractivity contribution < 1.29 is 9.18 Å². The van der Waals surface area contributed by atoms with Crippen molar-refractivity contribution in [3.63, 3.8) is 0 Å². The van der Waals surface area contributed by atoms with E-state index in [1.807, 2.05) is 0 Å². The first-order valence-electron chi connectivity index (χ1n) is 7.05. The van der Waals surface area contributed by atoms with E-state index in [1.54, 1.807) is 29.1 Å². The van der Waals surface area contributed by atoms with Crippen molar-refractivity contribution in [2.75, 3.05) is 13.1 Å². The maximum atomic E-state index is 12.9. The van der Waals surface area contributed by atoms with Crippen molar-refractivity contribution in [1.29, 1.82) is 0 Å². The van der Waals surface area contributed by atoms with Gasteiger partial charge in [0.15, 0.2) is 5.69 Å². The highest BCUT2D eigenvalue weighted by Crippen LogP contribution is 2.09. The van der Waals surface area contributed by atoms with Gasteiger partial charge in [0.2, 0.25) is 0 Å². The average molecular weight is 325 g/mol. The van der Waals surface area contributed by atoms with Gasteiger partial charge >= 0.3 is 0 Å². The fourth-order valence-electron chi connectivity index (χ4n) is 2.42. The molecule has 0 aliphatic carbocycles. The third-order valence-corrected chi connectivity index (χ3v) is 3.54. The molecule has 0 unspecified atom stereocenters. The number of aromatic nitrogens is 2. The molecule has 118 valence electrons. The molecule has 1 saturated heterocycles. The van der Waals surface area contributed by atoms with Gasteiger partial charge in [-0.3, -0.25) is 4.79 Å². The van der Waals surface area contributed by atoms with Crippen LogP contribution in [-0.4, -0.2) is 34.8 Å². The smallest absolute Gasteiger partial charge is 0.272 e. The summed E-state index contributed by atoms with van der Waals surface area (Å²) < 4.78 is 14.5. The molecule has 1 amide bonds. The van der Waals surface area contributed by atoms with Crippen molar-refractivity contribution in [2.24, 2.45) is 0 Å². The van der Waals surface area contributed by atoms with Crippen LogP contribution in [0.3, 0.4) is 0 Å². The lowest BCUT2D eigenvalue weighted by Gasteiger charge is -2.23. The first-order valence-corrected chi connectivity index (χ1v) is 7.05. The second-order valence-electron chi connectivity index (χ2n) is 5.14. The number of carbonyl (C=O) groups excluding carboxylic acids is 1. The lowest BCUT2D eigenvalue weighted by atomic mass is 10.1. The molecule has 1 aliphatic rings. The molecule has 7 heteroatoms.